The zero-order valence-corrected chi connectivity index (χ0v) is 17.6. The molecule has 1 amide bonds. The largest absolute Gasteiger partial charge is 0.392 e. The van der Waals surface area contributed by atoms with Crippen LogP contribution in [0.4, 0.5) is 4.39 Å². The van der Waals surface area contributed by atoms with Gasteiger partial charge in [0.05, 0.1) is 18.8 Å². The Morgan fingerprint density at radius 1 is 1.31 bits per heavy atom. The number of aryl methyl sites for hydroxylation is 1. The Balaban J connectivity index is 1.29. The second kappa shape index (κ2) is 8.32. The minimum Gasteiger partial charge on any atom is -0.392 e. The molecule has 0 bridgehead atoms. The number of carbonyl (C=O) groups excluding carboxylic acids is 1. The van der Waals surface area contributed by atoms with Crippen molar-refractivity contribution >= 4 is 5.91 Å². The molecule has 3 aliphatic heterocycles. The Kier molecular flexibility index (Phi) is 5.96. The van der Waals surface area contributed by atoms with Crippen molar-refractivity contribution in [2.45, 2.75) is 51.7 Å². The number of hydrogen-bond donors (Lipinski definition) is 1. The summed E-state index contributed by atoms with van der Waals surface area (Å²) in [5.41, 5.74) is 1.15. The lowest BCUT2D eigenvalue weighted by molar-refractivity contribution is 0.000908. The average molecular weight is 405 g/mol. The lowest BCUT2D eigenvalue weighted by Gasteiger charge is -2.39. The van der Waals surface area contributed by atoms with Gasteiger partial charge in [-0.3, -0.25) is 9.69 Å². The number of rotatable bonds is 3. The number of benzene rings is 1. The molecule has 3 saturated heterocycles. The van der Waals surface area contributed by atoms with Gasteiger partial charge >= 0.3 is 0 Å². The van der Waals surface area contributed by atoms with Crippen LogP contribution in [0, 0.1) is 24.1 Å². The SMILES string of the molecule is Cc1ccc(C(=O)N2CCC3(CC2)CO[C@H](CN2CC[C@@H](C)[C@H](O)C2)C3)cc1F. The lowest BCUT2D eigenvalue weighted by Crippen LogP contribution is -2.46. The van der Waals surface area contributed by atoms with Crippen LogP contribution in [0.15, 0.2) is 18.2 Å². The van der Waals surface area contributed by atoms with E-state index in [1.165, 1.54) is 6.07 Å². The van der Waals surface area contributed by atoms with Crippen LogP contribution in [-0.2, 0) is 4.74 Å². The molecule has 29 heavy (non-hydrogen) atoms. The summed E-state index contributed by atoms with van der Waals surface area (Å²) in [6.07, 6.45) is 3.91. The van der Waals surface area contributed by atoms with Crippen LogP contribution in [0.5, 0.6) is 0 Å². The van der Waals surface area contributed by atoms with Gasteiger partial charge in [-0.05, 0) is 68.2 Å². The first-order valence-electron chi connectivity index (χ1n) is 10.9. The molecule has 1 aromatic rings. The molecular weight excluding hydrogens is 371 g/mol. The summed E-state index contributed by atoms with van der Waals surface area (Å²) in [6.45, 7) is 8.63. The van der Waals surface area contributed by atoms with Crippen molar-refractivity contribution in [3.8, 4) is 0 Å². The van der Waals surface area contributed by atoms with Gasteiger partial charge in [0.2, 0.25) is 0 Å². The van der Waals surface area contributed by atoms with E-state index >= 15 is 0 Å². The molecule has 1 N–H and O–H groups in total. The molecule has 3 heterocycles. The van der Waals surface area contributed by atoms with Gasteiger partial charge in [-0.15, -0.1) is 0 Å². The third-order valence-electron chi connectivity index (χ3n) is 7.28. The van der Waals surface area contributed by atoms with Gasteiger partial charge < -0.3 is 14.7 Å². The number of nitrogens with zero attached hydrogens (tertiary/aromatic N) is 2. The number of ether oxygens (including phenoxy) is 1. The summed E-state index contributed by atoms with van der Waals surface area (Å²) in [6, 6.07) is 4.74. The van der Waals surface area contributed by atoms with Gasteiger partial charge in [0, 0.05) is 31.7 Å². The average Bonchev–Trinajstić information content (AvgIpc) is 3.09. The van der Waals surface area contributed by atoms with Crippen LogP contribution in [0.1, 0.15) is 48.5 Å². The Bertz CT molecular complexity index is 748. The van der Waals surface area contributed by atoms with Crippen LogP contribution in [-0.4, -0.2) is 72.4 Å². The third-order valence-corrected chi connectivity index (χ3v) is 7.28. The van der Waals surface area contributed by atoms with Crippen LogP contribution >= 0.6 is 0 Å². The number of hydrogen-bond acceptors (Lipinski definition) is 4. The Morgan fingerprint density at radius 2 is 2.07 bits per heavy atom. The molecule has 1 spiro atoms. The molecule has 5 nitrogen and oxygen atoms in total. The maximum absolute atomic E-state index is 13.8. The first-order chi connectivity index (χ1) is 13.8. The van der Waals surface area contributed by atoms with Gasteiger partial charge in [0.1, 0.15) is 5.82 Å². The molecule has 6 heteroatoms. The summed E-state index contributed by atoms with van der Waals surface area (Å²) in [5.74, 6) is -0.0230. The second-order valence-corrected chi connectivity index (χ2v) is 9.49. The van der Waals surface area contributed by atoms with E-state index < -0.39 is 0 Å². The van der Waals surface area contributed by atoms with Crippen molar-refractivity contribution in [2.24, 2.45) is 11.3 Å². The summed E-state index contributed by atoms with van der Waals surface area (Å²) in [4.78, 5) is 16.9. The van der Waals surface area contributed by atoms with Crippen molar-refractivity contribution < 1.29 is 19.0 Å². The lowest BCUT2D eigenvalue weighted by atomic mass is 9.76. The van der Waals surface area contributed by atoms with Crippen LogP contribution in [0.2, 0.25) is 0 Å². The number of piperidine rings is 2. The predicted molar refractivity (Wildman–Crippen MR) is 109 cm³/mol. The van der Waals surface area contributed by atoms with E-state index in [2.05, 4.69) is 11.8 Å². The van der Waals surface area contributed by atoms with Crippen molar-refractivity contribution in [3.05, 3.63) is 35.1 Å². The van der Waals surface area contributed by atoms with Crippen molar-refractivity contribution in [2.75, 3.05) is 39.3 Å². The fraction of sp³-hybridized carbons (Fsp3) is 0.696. The quantitative estimate of drug-likeness (QED) is 0.842. The highest BCUT2D eigenvalue weighted by Gasteiger charge is 2.43. The van der Waals surface area contributed by atoms with Gasteiger partial charge in [0.15, 0.2) is 0 Å². The molecule has 0 aliphatic carbocycles. The van der Waals surface area contributed by atoms with E-state index in [1.807, 2.05) is 4.90 Å². The van der Waals surface area contributed by atoms with Gasteiger partial charge in [0.25, 0.3) is 5.91 Å². The molecular formula is C23H33FN2O3. The molecule has 0 radical (unpaired) electrons. The molecule has 4 rings (SSSR count). The summed E-state index contributed by atoms with van der Waals surface area (Å²) >= 11 is 0. The normalized spacial score (nSPS) is 30.1. The molecule has 0 unspecified atom stereocenters. The van der Waals surface area contributed by atoms with Gasteiger partial charge in [-0.25, -0.2) is 4.39 Å². The summed E-state index contributed by atoms with van der Waals surface area (Å²) < 4.78 is 20.0. The molecule has 1 aromatic carbocycles. The van der Waals surface area contributed by atoms with E-state index in [4.69, 9.17) is 4.74 Å². The van der Waals surface area contributed by atoms with E-state index in [1.54, 1.807) is 19.1 Å². The fourth-order valence-electron chi connectivity index (χ4n) is 5.02. The number of likely N-dealkylation sites (tertiary alicyclic amines) is 2. The fourth-order valence-corrected chi connectivity index (χ4v) is 5.02. The van der Waals surface area contributed by atoms with Crippen molar-refractivity contribution in [3.63, 3.8) is 0 Å². The summed E-state index contributed by atoms with van der Waals surface area (Å²) in [7, 11) is 0. The smallest absolute Gasteiger partial charge is 0.253 e. The van der Waals surface area contributed by atoms with Gasteiger partial charge in [-0.1, -0.05) is 13.0 Å². The van der Waals surface area contributed by atoms with E-state index in [-0.39, 0.29) is 29.3 Å². The monoisotopic (exact) mass is 404 g/mol. The number of halogens is 1. The minimum atomic E-state index is -0.325. The Labute approximate surface area is 172 Å². The zero-order valence-electron chi connectivity index (χ0n) is 17.6. The third kappa shape index (κ3) is 4.49. The minimum absolute atomic E-state index is 0.0781. The summed E-state index contributed by atoms with van der Waals surface area (Å²) in [5, 5.41) is 10.1. The first kappa shape index (κ1) is 20.8. The standard InChI is InChI=1S/C23H33FN2O3/c1-16-3-4-18(11-20(16)24)22(28)26-9-6-23(7-10-26)12-19(29-15-23)13-25-8-5-17(2)21(27)14-25/h3-4,11,17,19,21,27H,5-10,12-15H2,1-2H3/t17-,19+,21-/m1/s1. The van der Waals surface area contributed by atoms with Crippen LogP contribution in [0.25, 0.3) is 0 Å². The molecule has 3 atom stereocenters. The van der Waals surface area contributed by atoms with Crippen molar-refractivity contribution in [1.29, 1.82) is 0 Å². The maximum atomic E-state index is 13.8. The van der Waals surface area contributed by atoms with E-state index in [0.29, 0.717) is 30.1 Å². The second-order valence-electron chi connectivity index (χ2n) is 9.49. The highest BCUT2D eigenvalue weighted by Crippen LogP contribution is 2.42. The first-order valence-corrected chi connectivity index (χ1v) is 10.9. The number of aliphatic hydroxyl groups excluding tert-OH is 1. The van der Waals surface area contributed by atoms with Crippen molar-refractivity contribution in [1.82, 2.24) is 9.80 Å². The topological polar surface area (TPSA) is 53.0 Å². The van der Waals surface area contributed by atoms with E-state index in [9.17, 15) is 14.3 Å². The Hall–Kier alpha value is -1.50. The Morgan fingerprint density at radius 3 is 2.76 bits per heavy atom. The number of aliphatic hydroxyl groups is 1. The zero-order chi connectivity index (χ0) is 20.6. The molecule has 0 aromatic heterocycles. The molecule has 160 valence electrons. The van der Waals surface area contributed by atoms with Crippen LogP contribution in [0.3, 0.4) is 0 Å². The number of β-amino-alcohol motifs (C(OH)–C–C–N with tert-alkyl or cyclic N) is 1. The maximum Gasteiger partial charge on any atom is 0.253 e. The highest BCUT2D eigenvalue weighted by molar-refractivity contribution is 5.94. The predicted octanol–water partition coefficient (Wildman–Crippen LogP) is 2.85. The van der Waals surface area contributed by atoms with E-state index in [0.717, 1.165) is 51.9 Å². The van der Waals surface area contributed by atoms with Gasteiger partial charge in [-0.2, -0.15) is 0 Å². The molecule has 3 fully saturated rings. The molecule has 0 saturated carbocycles. The number of amides is 1. The number of carbonyl (C=O) groups is 1. The van der Waals surface area contributed by atoms with Crippen LogP contribution < -0.4 is 0 Å². The molecule has 3 aliphatic rings. The highest BCUT2D eigenvalue weighted by atomic mass is 19.1.